The molecule has 3 aromatic rings. The van der Waals surface area contributed by atoms with Gasteiger partial charge in [0.25, 0.3) is 0 Å². The van der Waals surface area contributed by atoms with Crippen LogP contribution in [0, 0.1) is 5.92 Å². The van der Waals surface area contributed by atoms with E-state index in [0.29, 0.717) is 49.1 Å². The number of imidazole rings is 1. The first-order valence-electron chi connectivity index (χ1n) is 9.74. The van der Waals surface area contributed by atoms with Crippen molar-refractivity contribution >= 4 is 21.6 Å². The summed E-state index contributed by atoms with van der Waals surface area (Å²) in [6.45, 7) is 0.731. The van der Waals surface area contributed by atoms with Gasteiger partial charge in [0.1, 0.15) is 12.1 Å². The second-order valence-corrected chi connectivity index (χ2v) is 9.23. The summed E-state index contributed by atoms with van der Waals surface area (Å²) in [7, 11) is -3.20. The Morgan fingerprint density at radius 2 is 1.84 bits per heavy atom. The SMILES string of the molecule is CS(=O)(=O)N1CCC(C(=O)Nc2ccc(Oc3ccc(-n4ccnc4)nn3)cc2)CC1. The van der Waals surface area contributed by atoms with Gasteiger partial charge in [0.2, 0.25) is 21.8 Å². The number of hydrogen-bond donors (Lipinski definition) is 1. The van der Waals surface area contributed by atoms with E-state index in [1.165, 1.54) is 10.6 Å². The molecule has 0 aliphatic carbocycles. The summed E-state index contributed by atoms with van der Waals surface area (Å²) in [6, 6.07) is 10.4. The zero-order valence-electron chi connectivity index (χ0n) is 16.9. The summed E-state index contributed by atoms with van der Waals surface area (Å²) in [4.78, 5) is 16.5. The molecule has 0 spiro atoms. The molecule has 162 valence electrons. The minimum Gasteiger partial charge on any atom is -0.438 e. The van der Waals surface area contributed by atoms with Gasteiger partial charge in [-0.15, -0.1) is 10.2 Å². The summed E-state index contributed by atoms with van der Waals surface area (Å²) in [5.41, 5.74) is 0.643. The number of ether oxygens (including phenoxy) is 1. The van der Waals surface area contributed by atoms with Crippen LogP contribution in [-0.4, -0.2) is 57.7 Å². The summed E-state index contributed by atoms with van der Waals surface area (Å²) in [6.07, 6.45) is 7.27. The van der Waals surface area contributed by atoms with Gasteiger partial charge in [-0.1, -0.05) is 0 Å². The maximum atomic E-state index is 12.5. The molecule has 3 heterocycles. The lowest BCUT2D eigenvalue weighted by Crippen LogP contribution is -2.40. The van der Waals surface area contributed by atoms with Crippen molar-refractivity contribution in [3.05, 3.63) is 55.1 Å². The van der Waals surface area contributed by atoms with Crippen LogP contribution in [-0.2, 0) is 14.8 Å². The van der Waals surface area contributed by atoms with Gasteiger partial charge in [-0.05, 0) is 43.2 Å². The third-order valence-corrected chi connectivity index (χ3v) is 6.34. The van der Waals surface area contributed by atoms with Gasteiger partial charge in [-0.3, -0.25) is 9.36 Å². The number of piperidine rings is 1. The van der Waals surface area contributed by atoms with Gasteiger partial charge < -0.3 is 10.1 Å². The second-order valence-electron chi connectivity index (χ2n) is 7.25. The van der Waals surface area contributed by atoms with Crippen molar-refractivity contribution in [3.8, 4) is 17.4 Å². The van der Waals surface area contributed by atoms with Gasteiger partial charge in [0.15, 0.2) is 5.82 Å². The number of nitrogens with one attached hydrogen (secondary N) is 1. The lowest BCUT2D eigenvalue weighted by molar-refractivity contribution is -0.120. The molecule has 1 amide bonds. The van der Waals surface area contributed by atoms with E-state index in [1.54, 1.807) is 59.7 Å². The maximum Gasteiger partial charge on any atom is 0.238 e. The fraction of sp³-hybridized carbons (Fsp3) is 0.300. The van der Waals surface area contributed by atoms with E-state index in [0.717, 1.165) is 0 Å². The highest BCUT2D eigenvalue weighted by Crippen LogP contribution is 2.24. The predicted molar refractivity (Wildman–Crippen MR) is 113 cm³/mol. The van der Waals surface area contributed by atoms with E-state index < -0.39 is 10.0 Å². The lowest BCUT2D eigenvalue weighted by atomic mass is 9.97. The van der Waals surface area contributed by atoms with E-state index in [2.05, 4.69) is 20.5 Å². The topological polar surface area (TPSA) is 119 Å². The van der Waals surface area contributed by atoms with Crippen LogP contribution >= 0.6 is 0 Å². The molecular weight excluding hydrogens is 420 g/mol. The van der Waals surface area contributed by atoms with Crippen molar-refractivity contribution in [1.29, 1.82) is 0 Å². The van der Waals surface area contributed by atoms with Crippen molar-refractivity contribution in [2.45, 2.75) is 12.8 Å². The Balaban J connectivity index is 1.31. The second kappa shape index (κ2) is 8.82. The molecule has 1 saturated heterocycles. The number of sulfonamides is 1. The standard InChI is InChI=1S/C20H22N6O4S/c1-31(28,29)26-11-8-15(9-12-26)20(27)22-16-2-4-17(5-3-16)30-19-7-6-18(23-24-19)25-13-10-21-14-25/h2-7,10,13-15H,8-9,11-12H2,1H3,(H,22,27). The van der Waals surface area contributed by atoms with Crippen molar-refractivity contribution in [1.82, 2.24) is 24.1 Å². The van der Waals surface area contributed by atoms with Crippen LogP contribution in [0.25, 0.3) is 5.82 Å². The number of nitrogens with zero attached hydrogens (tertiary/aromatic N) is 5. The number of carbonyl (C=O) groups excluding carboxylic acids is 1. The third-order valence-electron chi connectivity index (χ3n) is 5.03. The minimum absolute atomic E-state index is 0.109. The number of aromatic nitrogens is 4. The predicted octanol–water partition coefficient (Wildman–Crippen LogP) is 2.06. The van der Waals surface area contributed by atoms with E-state index in [1.807, 2.05) is 0 Å². The van der Waals surface area contributed by atoms with Gasteiger partial charge in [-0.2, -0.15) is 0 Å². The fourth-order valence-electron chi connectivity index (χ4n) is 3.32. The molecule has 2 aromatic heterocycles. The van der Waals surface area contributed by atoms with Crippen molar-refractivity contribution in [2.24, 2.45) is 5.92 Å². The Labute approximate surface area is 179 Å². The fourth-order valence-corrected chi connectivity index (χ4v) is 4.19. The number of amides is 1. The van der Waals surface area contributed by atoms with Crippen molar-refractivity contribution in [2.75, 3.05) is 24.7 Å². The van der Waals surface area contributed by atoms with Crippen LogP contribution in [0.2, 0.25) is 0 Å². The van der Waals surface area contributed by atoms with Crippen molar-refractivity contribution in [3.63, 3.8) is 0 Å². The Morgan fingerprint density at radius 1 is 1.10 bits per heavy atom. The molecule has 0 unspecified atom stereocenters. The van der Waals surface area contributed by atoms with Crippen LogP contribution < -0.4 is 10.1 Å². The molecule has 1 aromatic carbocycles. The van der Waals surface area contributed by atoms with E-state index in [4.69, 9.17) is 4.74 Å². The number of carbonyl (C=O) groups is 1. The minimum atomic E-state index is -3.20. The smallest absolute Gasteiger partial charge is 0.238 e. The molecule has 4 rings (SSSR count). The summed E-state index contributed by atoms with van der Waals surface area (Å²) in [5, 5.41) is 11.0. The van der Waals surface area contributed by atoms with Gasteiger partial charge in [0, 0.05) is 43.2 Å². The third kappa shape index (κ3) is 5.25. The quantitative estimate of drug-likeness (QED) is 0.620. The highest BCUT2D eigenvalue weighted by Gasteiger charge is 2.28. The molecule has 1 fully saturated rings. The molecule has 1 aliphatic rings. The summed E-state index contributed by atoms with van der Waals surface area (Å²) < 4.78 is 32.0. The lowest BCUT2D eigenvalue weighted by Gasteiger charge is -2.29. The highest BCUT2D eigenvalue weighted by atomic mass is 32.2. The van der Waals surface area contributed by atoms with Gasteiger partial charge in [0.05, 0.1) is 6.26 Å². The zero-order chi connectivity index (χ0) is 21.8. The molecular formula is C20H22N6O4S. The van der Waals surface area contributed by atoms with Crippen LogP contribution in [0.3, 0.4) is 0 Å². The van der Waals surface area contributed by atoms with E-state index >= 15 is 0 Å². The number of anilines is 1. The number of benzene rings is 1. The monoisotopic (exact) mass is 442 g/mol. The average molecular weight is 443 g/mol. The van der Waals surface area contributed by atoms with E-state index in [9.17, 15) is 13.2 Å². The van der Waals surface area contributed by atoms with Gasteiger partial charge in [-0.25, -0.2) is 17.7 Å². The van der Waals surface area contributed by atoms with Crippen molar-refractivity contribution < 1.29 is 17.9 Å². The molecule has 1 aliphatic heterocycles. The molecule has 0 bridgehead atoms. The molecule has 11 heteroatoms. The first-order valence-corrected chi connectivity index (χ1v) is 11.6. The van der Waals surface area contributed by atoms with Crippen LogP contribution in [0.15, 0.2) is 55.1 Å². The Hall–Kier alpha value is -3.31. The molecule has 0 atom stereocenters. The van der Waals surface area contributed by atoms with E-state index in [-0.39, 0.29) is 11.8 Å². The number of hydrogen-bond acceptors (Lipinski definition) is 7. The molecule has 31 heavy (non-hydrogen) atoms. The first-order chi connectivity index (χ1) is 14.9. The molecule has 0 saturated carbocycles. The number of rotatable bonds is 6. The van der Waals surface area contributed by atoms with Gasteiger partial charge >= 0.3 is 0 Å². The summed E-state index contributed by atoms with van der Waals surface area (Å²) in [5.74, 6) is 1.22. The zero-order valence-corrected chi connectivity index (χ0v) is 17.7. The highest BCUT2D eigenvalue weighted by molar-refractivity contribution is 7.88. The molecule has 1 N–H and O–H groups in total. The van der Waals surface area contributed by atoms with Crippen LogP contribution in [0.1, 0.15) is 12.8 Å². The Morgan fingerprint density at radius 3 is 2.42 bits per heavy atom. The largest absolute Gasteiger partial charge is 0.438 e. The Kier molecular flexibility index (Phi) is 5.96. The van der Waals surface area contributed by atoms with Crippen LogP contribution in [0.5, 0.6) is 11.6 Å². The average Bonchev–Trinajstić information content (AvgIpc) is 3.30. The normalized spacial score (nSPS) is 15.5. The van der Waals surface area contributed by atoms with Crippen LogP contribution in [0.4, 0.5) is 5.69 Å². The summed E-state index contributed by atoms with van der Waals surface area (Å²) >= 11 is 0. The maximum absolute atomic E-state index is 12.5. The first kappa shape index (κ1) is 20.9. The molecule has 0 radical (unpaired) electrons. The Bertz CT molecular complexity index is 1120. The molecule has 10 nitrogen and oxygen atoms in total.